The molecule has 0 radical (unpaired) electrons. The van der Waals surface area contributed by atoms with Gasteiger partial charge in [0.05, 0.1) is 12.2 Å². The minimum Gasteiger partial charge on any atom is -0.550 e. The van der Waals surface area contributed by atoms with Gasteiger partial charge in [-0.05, 0) is 49.8 Å². The summed E-state index contributed by atoms with van der Waals surface area (Å²) in [5, 5.41) is 41.6. The first-order valence-corrected chi connectivity index (χ1v) is 10.2. The number of aliphatic hydroxyl groups is 3. The number of carbonyl (C=O) groups is 1. The number of ether oxygens (including phenoxy) is 1. The van der Waals surface area contributed by atoms with Crippen molar-refractivity contribution >= 4 is 17.6 Å². The summed E-state index contributed by atoms with van der Waals surface area (Å²) in [6, 6.07) is 6.89. The van der Waals surface area contributed by atoms with Gasteiger partial charge in [-0.2, -0.15) is 0 Å². The topological polar surface area (TPSA) is 110 Å². The van der Waals surface area contributed by atoms with Crippen LogP contribution in [0.5, 0.6) is 5.75 Å². The fraction of sp³-hybridized carbons (Fsp3) is 0.500. The van der Waals surface area contributed by atoms with Crippen LogP contribution in [-0.2, 0) is 4.79 Å². The van der Waals surface area contributed by atoms with Gasteiger partial charge in [0.15, 0.2) is 0 Å². The molecule has 1 saturated carbocycles. The van der Waals surface area contributed by atoms with Gasteiger partial charge in [-0.1, -0.05) is 42.0 Å². The van der Waals surface area contributed by atoms with E-state index >= 15 is 0 Å². The molecule has 6 nitrogen and oxygen atoms in total. The average Bonchev–Trinajstić information content (AvgIpc) is 2.93. The van der Waals surface area contributed by atoms with Crippen molar-refractivity contribution in [1.29, 1.82) is 0 Å². The van der Waals surface area contributed by atoms with E-state index in [4.69, 9.17) is 16.3 Å². The van der Waals surface area contributed by atoms with Crippen LogP contribution in [0.1, 0.15) is 32.1 Å². The van der Waals surface area contributed by atoms with Gasteiger partial charge < -0.3 is 30.0 Å². The molecule has 8 heteroatoms. The Morgan fingerprint density at radius 3 is 2.77 bits per heavy atom. The number of rotatable bonds is 11. The van der Waals surface area contributed by atoms with E-state index in [1.807, 2.05) is 12.2 Å². The van der Waals surface area contributed by atoms with Crippen LogP contribution in [-0.4, -0.2) is 46.2 Å². The van der Waals surface area contributed by atoms with Crippen LogP contribution >= 0.6 is 11.6 Å². The second-order valence-electron chi connectivity index (χ2n) is 7.30. The maximum absolute atomic E-state index is 10.4. The number of carboxylic acids is 1. The Morgan fingerprint density at radius 1 is 1.30 bits per heavy atom. The Hall–Kier alpha value is -0.860. The van der Waals surface area contributed by atoms with E-state index in [2.05, 4.69) is 0 Å². The van der Waals surface area contributed by atoms with Crippen molar-refractivity contribution in [3.05, 3.63) is 53.6 Å². The van der Waals surface area contributed by atoms with Crippen molar-refractivity contribution < 1.29 is 59.5 Å². The molecule has 0 spiro atoms. The molecule has 0 aromatic heterocycles. The molecule has 0 unspecified atom stereocenters. The number of aliphatic hydroxyl groups excluding tert-OH is 3. The van der Waals surface area contributed by atoms with Gasteiger partial charge in [-0.25, -0.2) is 0 Å². The van der Waals surface area contributed by atoms with Gasteiger partial charge in [0.25, 0.3) is 0 Å². The Bertz CT molecular complexity index is 711. The van der Waals surface area contributed by atoms with Crippen molar-refractivity contribution in [2.24, 2.45) is 11.8 Å². The molecule has 0 saturated heterocycles. The predicted molar refractivity (Wildman–Crippen MR) is 108 cm³/mol. The van der Waals surface area contributed by atoms with Crippen molar-refractivity contribution in [1.82, 2.24) is 0 Å². The molecular formula is C22H28ClNaO6. The second-order valence-corrected chi connectivity index (χ2v) is 7.74. The Morgan fingerprint density at radius 2 is 2.07 bits per heavy atom. The summed E-state index contributed by atoms with van der Waals surface area (Å²) in [5.41, 5.74) is 0. The number of halogens is 1. The third kappa shape index (κ3) is 9.52. The number of benzene rings is 1. The van der Waals surface area contributed by atoms with E-state index in [0.29, 0.717) is 30.0 Å². The average molecular weight is 447 g/mol. The van der Waals surface area contributed by atoms with Gasteiger partial charge in [-0.15, -0.1) is 0 Å². The molecule has 3 N–H and O–H groups in total. The van der Waals surface area contributed by atoms with Crippen molar-refractivity contribution in [2.45, 2.75) is 50.4 Å². The van der Waals surface area contributed by atoms with Gasteiger partial charge in [0.1, 0.15) is 18.5 Å². The number of carboxylic acid groups (broad SMARTS) is 1. The van der Waals surface area contributed by atoms with E-state index in [-0.39, 0.29) is 60.8 Å². The zero-order valence-electron chi connectivity index (χ0n) is 17.2. The molecule has 1 aliphatic carbocycles. The number of aliphatic carboxylic acids is 1. The summed E-state index contributed by atoms with van der Waals surface area (Å²) in [6.07, 6.45) is 6.93. The van der Waals surface area contributed by atoms with E-state index in [9.17, 15) is 25.2 Å². The van der Waals surface area contributed by atoms with E-state index in [1.165, 1.54) is 0 Å². The molecule has 0 bridgehead atoms. The third-order valence-corrected chi connectivity index (χ3v) is 5.25. The molecule has 1 aliphatic rings. The third-order valence-electron chi connectivity index (χ3n) is 5.01. The molecule has 1 aromatic rings. The zero-order valence-corrected chi connectivity index (χ0v) is 19.9. The number of unbranched alkanes of at least 4 members (excludes halogenated alkanes) is 1. The molecule has 0 heterocycles. The minimum absolute atomic E-state index is 0. The van der Waals surface area contributed by atoms with Gasteiger partial charge in [0, 0.05) is 23.3 Å². The van der Waals surface area contributed by atoms with Gasteiger partial charge >= 0.3 is 29.6 Å². The summed E-state index contributed by atoms with van der Waals surface area (Å²) < 4.78 is 5.50. The SMILES string of the molecule is O=C([O-])CCCC=CC[C@H]1[C@H](C=C[C@H](O)COc2cccc(Cl)c2)[C@@H](O)C[C@H]1O.[Na+]. The molecule has 2 rings (SSSR count). The largest absolute Gasteiger partial charge is 1.00 e. The van der Waals surface area contributed by atoms with Crippen molar-refractivity contribution in [2.75, 3.05) is 6.61 Å². The Labute approximate surface area is 204 Å². The van der Waals surface area contributed by atoms with Crippen molar-refractivity contribution in [3.8, 4) is 5.75 Å². The first-order chi connectivity index (χ1) is 13.9. The first-order valence-electron chi connectivity index (χ1n) is 9.82. The normalized spacial score (nSPS) is 24.8. The molecular weight excluding hydrogens is 419 g/mol. The minimum atomic E-state index is -1.06. The molecule has 160 valence electrons. The van der Waals surface area contributed by atoms with Crippen LogP contribution in [0.2, 0.25) is 5.02 Å². The molecule has 0 aliphatic heterocycles. The zero-order chi connectivity index (χ0) is 21.2. The van der Waals surface area contributed by atoms with Crippen LogP contribution in [0, 0.1) is 11.8 Å². The summed E-state index contributed by atoms with van der Waals surface area (Å²) in [6.45, 7) is 0.0468. The van der Waals surface area contributed by atoms with Crippen LogP contribution in [0.15, 0.2) is 48.6 Å². The fourth-order valence-corrected chi connectivity index (χ4v) is 3.67. The van der Waals surface area contributed by atoms with Gasteiger partial charge in [0.2, 0.25) is 0 Å². The van der Waals surface area contributed by atoms with Crippen LogP contribution in [0.3, 0.4) is 0 Å². The summed E-state index contributed by atoms with van der Waals surface area (Å²) in [4.78, 5) is 10.4. The summed E-state index contributed by atoms with van der Waals surface area (Å²) >= 11 is 5.89. The quantitative estimate of drug-likeness (QED) is 0.225. The van der Waals surface area contributed by atoms with E-state index < -0.39 is 24.3 Å². The fourth-order valence-electron chi connectivity index (χ4n) is 3.49. The molecule has 30 heavy (non-hydrogen) atoms. The second kappa shape index (κ2) is 14.2. The maximum Gasteiger partial charge on any atom is 1.00 e. The number of allylic oxidation sites excluding steroid dienone is 2. The van der Waals surface area contributed by atoms with Gasteiger partial charge in [-0.3, -0.25) is 0 Å². The number of hydrogen-bond acceptors (Lipinski definition) is 6. The van der Waals surface area contributed by atoms with E-state index in [1.54, 1.807) is 36.4 Å². The summed E-state index contributed by atoms with van der Waals surface area (Å²) in [5.74, 6) is -0.947. The molecule has 1 fully saturated rings. The monoisotopic (exact) mass is 446 g/mol. The Kier molecular flexibility index (Phi) is 12.9. The van der Waals surface area contributed by atoms with Crippen LogP contribution in [0.4, 0.5) is 0 Å². The molecule has 0 amide bonds. The number of hydrogen-bond donors (Lipinski definition) is 3. The number of carbonyl (C=O) groups excluding carboxylic acids is 1. The standard InChI is InChI=1S/C22H29ClO6.Na/c23-15-6-5-7-17(12-15)29-14-16(24)10-11-19-18(20(25)13-21(19)26)8-3-1-2-4-9-22(27)28;/h1,3,5-7,10-12,16,18-21,24-26H,2,4,8-9,13-14H2,(H,27,28);/q;+1/p-1/t16-,18-,19-,20+,21-;/m0./s1. The van der Waals surface area contributed by atoms with Crippen LogP contribution < -0.4 is 39.4 Å². The first kappa shape index (κ1) is 27.2. The molecule has 5 atom stereocenters. The maximum atomic E-state index is 10.4. The summed E-state index contributed by atoms with van der Waals surface area (Å²) in [7, 11) is 0. The Balaban J connectivity index is 0.00000450. The molecule has 1 aromatic carbocycles. The smallest absolute Gasteiger partial charge is 0.550 e. The van der Waals surface area contributed by atoms with Crippen molar-refractivity contribution in [3.63, 3.8) is 0 Å². The predicted octanol–water partition coefficient (Wildman–Crippen LogP) is -1.14. The van der Waals surface area contributed by atoms with E-state index in [0.717, 1.165) is 0 Å². The van der Waals surface area contributed by atoms with Crippen LogP contribution in [0.25, 0.3) is 0 Å².